The number of nitrogens with zero attached hydrogens (tertiary/aromatic N) is 1. The number of esters is 1. The van der Waals surface area contributed by atoms with Crippen LogP contribution in [0.25, 0.3) is 0 Å². The molecule has 2 N–H and O–H groups in total. The fourth-order valence-corrected chi connectivity index (χ4v) is 5.48. The maximum absolute atomic E-state index is 13.4. The molecule has 0 unspecified atom stereocenters. The van der Waals surface area contributed by atoms with E-state index in [0.717, 1.165) is 11.8 Å². The van der Waals surface area contributed by atoms with Gasteiger partial charge in [0, 0.05) is 11.5 Å². The normalized spacial score (nSPS) is 25.3. The molecule has 0 saturated carbocycles. The number of methoxy groups -OCH3 is 1. The summed E-state index contributed by atoms with van der Waals surface area (Å²) in [4.78, 5) is 40.5. The highest BCUT2D eigenvalue weighted by molar-refractivity contribution is 8.04. The second-order valence-electron chi connectivity index (χ2n) is 6.94. The largest absolute Gasteiger partial charge is 0.493 e. The highest BCUT2D eigenvalue weighted by Crippen LogP contribution is 2.55. The molecule has 146 valence electrons. The third-order valence-electron chi connectivity index (χ3n) is 5.48. The van der Waals surface area contributed by atoms with E-state index in [4.69, 9.17) is 15.2 Å². The summed E-state index contributed by atoms with van der Waals surface area (Å²) < 4.78 is 10.8. The second-order valence-corrected chi connectivity index (χ2v) is 8.12. The first kappa shape index (κ1) is 17.8. The van der Waals surface area contributed by atoms with Gasteiger partial charge in [0.05, 0.1) is 29.3 Å². The zero-order chi connectivity index (χ0) is 20.3. The molecule has 0 radical (unpaired) electrons. The number of benzene rings is 2. The molecule has 0 spiro atoms. The number of nitrogens with two attached hydrogens (primary N) is 1. The SMILES string of the molecule is COc1cccc2c1OC(=O)C1=C(N)S[C@@H]3C(=O)N(c4ccccc4)C(=O)[C@@H]3[C@@H]12. The molecule has 8 heteroatoms. The van der Waals surface area contributed by atoms with Crippen molar-refractivity contribution in [3.8, 4) is 11.5 Å². The van der Waals surface area contributed by atoms with Crippen molar-refractivity contribution in [3.05, 3.63) is 64.7 Å². The lowest BCUT2D eigenvalue weighted by Gasteiger charge is -2.36. The minimum atomic E-state index is -0.756. The predicted octanol–water partition coefficient (Wildman–Crippen LogP) is 2.17. The number of ether oxygens (including phenoxy) is 2. The number of rotatable bonds is 2. The summed E-state index contributed by atoms with van der Waals surface area (Å²) >= 11 is 1.05. The first-order chi connectivity index (χ1) is 14.0. The van der Waals surface area contributed by atoms with Gasteiger partial charge < -0.3 is 15.2 Å². The van der Waals surface area contributed by atoms with E-state index in [1.165, 1.54) is 12.0 Å². The third-order valence-corrected chi connectivity index (χ3v) is 6.70. The van der Waals surface area contributed by atoms with Crippen molar-refractivity contribution in [2.45, 2.75) is 11.2 Å². The summed E-state index contributed by atoms with van der Waals surface area (Å²) in [6.45, 7) is 0. The number of hydrogen-bond acceptors (Lipinski definition) is 7. The smallest absolute Gasteiger partial charge is 0.342 e. The van der Waals surface area contributed by atoms with Gasteiger partial charge in [-0.1, -0.05) is 42.1 Å². The Bertz CT molecular complexity index is 1100. The Hall–Kier alpha value is -3.26. The van der Waals surface area contributed by atoms with E-state index in [1.807, 2.05) is 6.07 Å². The second kappa shape index (κ2) is 6.38. The number of para-hydroxylation sites is 2. The van der Waals surface area contributed by atoms with Gasteiger partial charge in [-0.25, -0.2) is 9.69 Å². The summed E-state index contributed by atoms with van der Waals surface area (Å²) in [5.74, 6) is -2.07. The van der Waals surface area contributed by atoms with Crippen molar-refractivity contribution in [3.63, 3.8) is 0 Å². The first-order valence-corrected chi connectivity index (χ1v) is 9.89. The van der Waals surface area contributed by atoms with Gasteiger partial charge >= 0.3 is 5.97 Å². The highest BCUT2D eigenvalue weighted by Gasteiger charge is 2.58. The predicted molar refractivity (Wildman–Crippen MR) is 106 cm³/mol. The van der Waals surface area contributed by atoms with Crippen molar-refractivity contribution in [2.24, 2.45) is 11.7 Å². The van der Waals surface area contributed by atoms with E-state index in [0.29, 0.717) is 17.0 Å². The average Bonchev–Trinajstić information content (AvgIpc) is 2.97. The van der Waals surface area contributed by atoms with Gasteiger partial charge in [0.2, 0.25) is 11.8 Å². The maximum Gasteiger partial charge on any atom is 0.342 e. The van der Waals surface area contributed by atoms with Crippen LogP contribution in [0, 0.1) is 5.92 Å². The molecule has 0 aromatic heterocycles. The standard InChI is InChI=1S/C21H16N2O5S/c1-27-12-9-5-8-11-13-14-17(29-18(22)15(13)21(26)28-16(11)12)20(25)23(19(14)24)10-6-3-2-4-7-10/h2-9,13-14,17H,22H2,1H3/t13-,14+,17-/m0/s1. The van der Waals surface area contributed by atoms with Crippen LogP contribution in [0.2, 0.25) is 0 Å². The minimum absolute atomic E-state index is 0.214. The van der Waals surface area contributed by atoms with E-state index in [-0.39, 0.29) is 28.2 Å². The van der Waals surface area contributed by atoms with Crippen LogP contribution in [0.15, 0.2) is 59.1 Å². The van der Waals surface area contributed by atoms with E-state index < -0.39 is 23.1 Å². The molecule has 3 atom stereocenters. The third kappa shape index (κ3) is 2.42. The molecular weight excluding hydrogens is 392 g/mol. The highest BCUT2D eigenvalue weighted by atomic mass is 32.2. The Morgan fingerprint density at radius 3 is 2.52 bits per heavy atom. The lowest BCUT2D eigenvalue weighted by atomic mass is 9.77. The number of amides is 2. The zero-order valence-corrected chi connectivity index (χ0v) is 16.1. The minimum Gasteiger partial charge on any atom is -0.493 e. The molecule has 2 aromatic carbocycles. The molecule has 2 amide bonds. The summed E-state index contributed by atoms with van der Waals surface area (Å²) in [5, 5.41) is -0.493. The molecular formula is C21H16N2O5S. The molecule has 3 aliphatic heterocycles. The Kier molecular flexibility index (Phi) is 3.92. The van der Waals surface area contributed by atoms with Crippen LogP contribution in [0.4, 0.5) is 5.69 Å². The van der Waals surface area contributed by atoms with Gasteiger partial charge in [0.25, 0.3) is 0 Å². The maximum atomic E-state index is 13.4. The number of imide groups is 1. The summed E-state index contributed by atoms with van der Waals surface area (Å²) in [5.41, 5.74) is 7.53. The van der Waals surface area contributed by atoms with Crippen LogP contribution in [0.3, 0.4) is 0 Å². The fourth-order valence-electron chi connectivity index (χ4n) is 4.25. The Labute approximate surface area is 170 Å². The van der Waals surface area contributed by atoms with Crippen LogP contribution in [0.1, 0.15) is 11.5 Å². The van der Waals surface area contributed by atoms with E-state index >= 15 is 0 Å². The lowest BCUT2D eigenvalue weighted by molar-refractivity contribution is -0.132. The lowest BCUT2D eigenvalue weighted by Crippen LogP contribution is -2.39. The Balaban J connectivity index is 1.69. The van der Waals surface area contributed by atoms with Crippen LogP contribution in [0.5, 0.6) is 11.5 Å². The van der Waals surface area contributed by atoms with Gasteiger partial charge in [-0.15, -0.1) is 0 Å². The molecule has 2 aromatic rings. The van der Waals surface area contributed by atoms with Crippen molar-refractivity contribution in [2.75, 3.05) is 12.0 Å². The quantitative estimate of drug-likeness (QED) is 0.462. The molecule has 0 aliphatic carbocycles. The monoisotopic (exact) mass is 408 g/mol. The molecule has 0 bridgehead atoms. The van der Waals surface area contributed by atoms with Crippen molar-refractivity contribution >= 4 is 35.2 Å². The number of carbonyl (C=O) groups is 3. The number of thioether (sulfide) groups is 1. The zero-order valence-electron chi connectivity index (χ0n) is 15.3. The number of hydrogen-bond donors (Lipinski definition) is 1. The molecule has 5 rings (SSSR count). The number of anilines is 1. The summed E-state index contributed by atoms with van der Waals surface area (Å²) in [6, 6.07) is 14.0. The van der Waals surface area contributed by atoms with E-state index in [2.05, 4.69) is 0 Å². The summed E-state index contributed by atoms with van der Waals surface area (Å²) in [7, 11) is 1.48. The van der Waals surface area contributed by atoms with Crippen molar-refractivity contribution in [1.82, 2.24) is 0 Å². The summed E-state index contributed by atoms with van der Waals surface area (Å²) in [6.07, 6.45) is 0. The van der Waals surface area contributed by atoms with Crippen molar-refractivity contribution in [1.29, 1.82) is 0 Å². The Morgan fingerprint density at radius 2 is 1.79 bits per heavy atom. The molecule has 29 heavy (non-hydrogen) atoms. The average molecular weight is 408 g/mol. The first-order valence-electron chi connectivity index (χ1n) is 9.01. The topological polar surface area (TPSA) is 98.9 Å². The van der Waals surface area contributed by atoms with Crippen LogP contribution in [-0.2, 0) is 14.4 Å². The molecule has 7 nitrogen and oxygen atoms in total. The van der Waals surface area contributed by atoms with Gasteiger partial charge in [-0.2, -0.15) is 0 Å². The molecule has 3 heterocycles. The van der Waals surface area contributed by atoms with Gasteiger partial charge in [0.1, 0.15) is 5.25 Å². The number of carbonyl (C=O) groups excluding carboxylic acids is 3. The van der Waals surface area contributed by atoms with Crippen molar-refractivity contribution < 1.29 is 23.9 Å². The van der Waals surface area contributed by atoms with Crippen LogP contribution >= 0.6 is 11.8 Å². The van der Waals surface area contributed by atoms with E-state index in [9.17, 15) is 14.4 Å². The molecule has 3 aliphatic rings. The molecule has 1 saturated heterocycles. The van der Waals surface area contributed by atoms with Crippen LogP contribution < -0.4 is 20.1 Å². The van der Waals surface area contributed by atoms with Gasteiger partial charge in [-0.05, 0) is 18.2 Å². The fraction of sp³-hybridized carbons (Fsp3) is 0.190. The van der Waals surface area contributed by atoms with E-state index in [1.54, 1.807) is 42.5 Å². The van der Waals surface area contributed by atoms with Gasteiger partial charge in [0.15, 0.2) is 11.5 Å². The number of fused-ring (bicyclic) bond motifs is 5. The van der Waals surface area contributed by atoms with Gasteiger partial charge in [-0.3, -0.25) is 9.59 Å². The van der Waals surface area contributed by atoms with Crippen LogP contribution in [-0.4, -0.2) is 30.1 Å². The Morgan fingerprint density at radius 1 is 1.03 bits per heavy atom. The molecule has 1 fully saturated rings.